The van der Waals surface area contributed by atoms with Gasteiger partial charge >= 0.3 is 0 Å². The molecule has 0 atom stereocenters. The van der Waals surface area contributed by atoms with Crippen LogP contribution in [0.1, 0.15) is 36.3 Å². The summed E-state index contributed by atoms with van der Waals surface area (Å²) in [6.45, 7) is 5.44. The summed E-state index contributed by atoms with van der Waals surface area (Å²) in [7, 11) is 1.61. The van der Waals surface area contributed by atoms with E-state index in [1.807, 2.05) is 68.4 Å². The Bertz CT molecular complexity index is 1050. The van der Waals surface area contributed by atoms with E-state index in [1.165, 1.54) is 11.3 Å². The second kappa shape index (κ2) is 12.0. The van der Waals surface area contributed by atoms with Gasteiger partial charge in [-0.2, -0.15) is 0 Å². The maximum absolute atomic E-state index is 13.3. The summed E-state index contributed by atoms with van der Waals surface area (Å²) in [5, 5.41) is 8.47. The molecule has 0 fully saturated rings. The van der Waals surface area contributed by atoms with E-state index >= 15 is 0 Å². The molecule has 0 radical (unpaired) electrons. The van der Waals surface area contributed by atoms with Crippen LogP contribution in [0.2, 0.25) is 0 Å². The molecule has 2 amide bonds. The van der Waals surface area contributed by atoms with Gasteiger partial charge in [-0.1, -0.05) is 50.2 Å². The summed E-state index contributed by atoms with van der Waals surface area (Å²) in [6.07, 6.45) is 0.240. The van der Waals surface area contributed by atoms with Crippen LogP contribution < -0.4 is 15.4 Å². The third-order valence-corrected chi connectivity index (χ3v) is 5.62. The average molecular weight is 467 g/mol. The smallest absolute Gasteiger partial charge is 0.273 e. The van der Waals surface area contributed by atoms with Gasteiger partial charge in [0.2, 0.25) is 5.91 Å². The predicted octanol–water partition coefficient (Wildman–Crippen LogP) is 4.70. The van der Waals surface area contributed by atoms with Crippen LogP contribution in [0.5, 0.6) is 5.75 Å². The second-order valence-corrected chi connectivity index (χ2v) is 8.91. The number of amides is 2. The molecule has 0 unspecified atom stereocenters. The first-order chi connectivity index (χ1) is 15.9. The third kappa shape index (κ3) is 7.61. The van der Waals surface area contributed by atoms with E-state index < -0.39 is 0 Å². The molecule has 0 aliphatic carbocycles. The van der Waals surface area contributed by atoms with Crippen LogP contribution >= 0.6 is 11.3 Å². The monoisotopic (exact) mass is 466 g/mol. The second-order valence-electron chi connectivity index (χ2n) is 8.06. The van der Waals surface area contributed by atoms with Gasteiger partial charge in [-0.3, -0.25) is 9.59 Å². The van der Waals surface area contributed by atoms with Crippen molar-refractivity contribution in [2.24, 2.45) is 5.92 Å². The summed E-state index contributed by atoms with van der Waals surface area (Å²) in [5.41, 5.74) is 2.17. The summed E-state index contributed by atoms with van der Waals surface area (Å²) in [6, 6.07) is 17.3. The Labute approximate surface area is 198 Å². The van der Waals surface area contributed by atoms with E-state index in [9.17, 15) is 9.59 Å². The highest BCUT2D eigenvalue weighted by Gasteiger charge is 2.20. The summed E-state index contributed by atoms with van der Waals surface area (Å²) < 4.78 is 5.25. The molecule has 2 aromatic carbocycles. The fraction of sp³-hybridized carbons (Fsp3) is 0.320. The molecular formula is C25H30N4O3S. The van der Waals surface area contributed by atoms with Crippen molar-refractivity contribution in [1.82, 2.24) is 15.2 Å². The zero-order valence-electron chi connectivity index (χ0n) is 19.2. The Morgan fingerprint density at radius 1 is 1.12 bits per heavy atom. The van der Waals surface area contributed by atoms with Crippen molar-refractivity contribution in [2.75, 3.05) is 25.5 Å². The van der Waals surface area contributed by atoms with Crippen molar-refractivity contribution in [3.8, 4) is 5.75 Å². The van der Waals surface area contributed by atoms with Gasteiger partial charge in [-0.15, -0.1) is 11.3 Å². The van der Waals surface area contributed by atoms with E-state index in [-0.39, 0.29) is 18.2 Å². The highest BCUT2D eigenvalue weighted by Crippen LogP contribution is 2.24. The van der Waals surface area contributed by atoms with Crippen molar-refractivity contribution in [3.63, 3.8) is 0 Å². The number of rotatable bonds is 11. The van der Waals surface area contributed by atoms with Gasteiger partial charge in [0.05, 0.1) is 7.11 Å². The van der Waals surface area contributed by atoms with Crippen LogP contribution in [0.15, 0.2) is 60.0 Å². The van der Waals surface area contributed by atoms with E-state index in [0.29, 0.717) is 36.4 Å². The van der Waals surface area contributed by atoms with E-state index in [1.54, 1.807) is 17.4 Å². The zero-order chi connectivity index (χ0) is 23.6. The van der Waals surface area contributed by atoms with Crippen LogP contribution in [0.25, 0.3) is 0 Å². The number of hydrogen-bond donors (Lipinski definition) is 2. The first-order valence-corrected chi connectivity index (χ1v) is 11.8. The lowest BCUT2D eigenvalue weighted by Crippen LogP contribution is -2.36. The van der Waals surface area contributed by atoms with Crippen molar-refractivity contribution >= 4 is 34.0 Å². The van der Waals surface area contributed by atoms with Gasteiger partial charge < -0.3 is 20.3 Å². The first kappa shape index (κ1) is 24.3. The maximum atomic E-state index is 13.3. The number of ether oxygens (including phenoxy) is 1. The van der Waals surface area contributed by atoms with Gasteiger partial charge in [-0.05, 0) is 23.6 Å². The van der Waals surface area contributed by atoms with Crippen LogP contribution in [0.3, 0.4) is 0 Å². The number of hydrogen-bond acceptors (Lipinski definition) is 6. The quantitative estimate of drug-likeness (QED) is 0.428. The van der Waals surface area contributed by atoms with Crippen LogP contribution in [-0.2, 0) is 11.3 Å². The Hall–Kier alpha value is -3.39. The number of nitrogens with one attached hydrogen (secondary N) is 2. The standard InChI is InChI=1S/C25H30N4O3S/c1-18(2)15-26-23(30)12-13-29(16-19-8-5-4-6-9-19)24(31)22-17-33-25(28-22)27-20-10-7-11-21(14-20)32-3/h4-11,14,17-18H,12-13,15-16H2,1-3H3,(H,26,30)(H,27,28). The molecule has 0 bridgehead atoms. The molecule has 8 heteroatoms. The number of carbonyl (C=O) groups excluding carboxylic acids is 2. The highest BCUT2D eigenvalue weighted by molar-refractivity contribution is 7.14. The lowest BCUT2D eigenvalue weighted by molar-refractivity contribution is -0.121. The lowest BCUT2D eigenvalue weighted by Gasteiger charge is -2.22. The predicted molar refractivity (Wildman–Crippen MR) is 132 cm³/mol. The van der Waals surface area contributed by atoms with Crippen molar-refractivity contribution in [1.29, 1.82) is 0 Å². The molecule has 7 nitrogen and oxygen atoms in total. The van der Waals surface area contributed by atoms with E-state index in [4.69, 9.17) is 4.74 Å². The number of benzene rings is 2. The van der Waals surface area contributed by atoms with Gasteiger partial charge in [-0.25, -0.2) is 4.98 Å². The molecule has 0 aliphatic heterocycles. The molecule has 2 N–H and O–H groups in total. The van der Waals surface area contributed by atoms with Gasteiger partial charge in [0.15, 0.2) is 5.13 Å². The topological polar surface area (TPSA) is 83.6 Å². The third-order valence-electron chi connectivity index (χ3n) is 4.86. The lowest BCUT2D eigenvalue weighted by atomic mass is 10.2. The average Bonchev–Trinajstić information content (AvgIpc) is 3.29. The zero-order valence-corrected chi connectivity index (χ0v) is 20.0. The number of anilines is 2. The van der Waals surface area contributed by atoms with Crippen LogP contribution in [-0.4, -0.2) is 41.9 Å². The number of thiazole rings is 1. The van der Waals surface area contributed by atoms with Gasteiger partial charge in [0.1, 0.15) is 11.4 Å². The van der Waals surface area contributed by atoms with Crippen LogP contribution in [0, 0.1) is 5.92 Å². The molecule has 1 heterocycles. The molecule has 0 aliphatic rings. The molecule has 0 saturated heterocycles. The Morgan fingerprint density at radius 3 is 2.64 bits per heavy atom. The SMILES string of the molecule is COc1cccc(Nc2nc(C(=O)N(CCC(=O)NCC(C)C)Cc3ccccc3)cs2)c1. The molecule has 1 aromatic heterocycles. The molecule has 0 spiro atoms. The molecule has 0 saturated carbocycles. The first-order valence-electron chi connectivity index (χ1n) is 10.9. The Morgan fingerprint density at radius 2 is 1.91 bits per heavy atom. The van der Waals surface area contributed by atoms with E-state index in [2.05, 4.69) is 15.6 Å². The molecule has 3 aromatic rings. The normalized spacial score (nSPS) is 10.7. The number of nitrogens with zero attached hydrogens (tertiary/aromatic N) is 2. The van der Waals surface area contributed by atoms with Gasteiger partial charge in [0, 0.05) is 43.2 Å². The molecule has 33 heavy (non-hydrogen) atoms. The Kier molecular flexibility index (Phi) is 8.83. The van der Waals surface area contributed by atoms with Crippen LogP contribution in [0.4, 0.5) is 10.8 Å². The molecule has 174 valence electrons. The number of carbonyl (C=O) groups is 2. The van der Waals surface area contributed by atoms with Crippen molar-refractivity contribution in [2.45, 2.75) is 26.8 Å². The molecular weight excluding hydrogens is 436 g/mol. The largest absolute Gasteiger partial charge is 0.497 e. The Balaban J connectivity index is 1.70. The maximum Gasteiger partial charge on any atom is 0.273 e. The fourth-order valence-electron chi connectivity index (χ4n) is 3.11. The minimum Gasteiger partial charge on any atom is -0.497 e. The van der Waals surface area contributed by atoms with Crippen molar-refractivity contribution < 1.29 is 14.3 Å². The van der Waals surface area contributed by atoms with Gasteiger partial charge in [0.25, 0.3) is 5.91 Å². The highest BCUT2D eigenvalue weighted by atomic mass is 32.1. The summed E-state index contributed by atoms with van der Waals surface area (Å²) in [5.74, 6) is 0.845. The van der Waals surface area contributed by atoms with E-state index in [0.717, 1.165) is 17.0 Å². The van der Waals surface area contributed by atoms with Crippen molar-refractivity contribution in [3.05, 3.63) is 71.2 Å². The molecule has 3 rings (SSSR count). The minimum absolute atomic E-state index is 0.0618. The minimum atomic E-state index is -0.203. The summed E-state index contributed by atoms with van der Waals surface area (Å²) >= 11 is 1.36. The fourth-order valence-corrected chi connectivity index (χ4v) is 3.82. The number of methoxy groups -OCH3 is 1. The number of aromatic nitrogens is 1. The summed E-state index contributed by atoms with van der Waals surface area (Å²) in [4.78, 5) is 31.7.